The van der Waals surface area contributed by atoms with Gasteiger partial charge in [-0.15, -0.1) is 0 Å². The maximum absolute atomic E-state index is 12.8. The van der Waals surface area contributed by atoms with Crippen molar-refractivity contribution in [3.05, 3.63) is 34.9 Å². The van der Waals surface area contributed by atoms with Crippen molar-refractivity contribution in [1.82, 2.24) is 9.80 Å². The Morgan fingerprint density at radius 3 is 2.80 bits per heavy atom. The zero-order valence-corrected chi connectivity index (χ0v) is 15.2. The molecule has 1 N–H and O–H groups in total. The van der Waals surface area contributed by atoms with Crippen LogP contribution in [0.4, 0.5) is 0 Å². The number of hydrogen-bond acceptors (Lipinski definition) is 3. The first kappa shape index (κ1) is 17.9. The van der Waals surface area contributed by atoms with Crippen LogP contribution in [0.5, 0.6) is 0 Å². The molecule has 1 heterocycles. The fraction of sp³-hybridized carbons (Fsp3) is 0.600. The quantitative estimate of drug-likeness (QED) is 0.912. The van der Waals surface area contributed by atoms with Gasteiger partial charge in [0, 0.05) is 26.1 Å². The number of piperidine rings is 1. The first-order chi connectivity index (χ1) is 12.0. The number of rotatable bonds is 4. The van der Waals surface area contributed by atoms with Crippen molar-refractivity contribution < 1.29 is 14.7 Å². The highest BCUT2D eigenvalue weighted by atomic mass is 16.4. The Bertz CT molecular complexity index is 658. The normalized spacial score (nSPS) is 23.8. The summed E-state index contributed by atoms with van der Waals surface area (Å²) in [5.41, 5.74) is 2.59. The second-order valence-electron chi connectivity index (χ2n) is 7.57. The summed E-state index contributed by atoms with van der Waals surface area (Å²) < 4.78 is 0. The minimum atomic E-state index is -0.902. The van der Waals surface area contributed by atoms with E-state index >= 15 is 0 Å². The van der Waals surface area contributed by atoms with E-state index < -0.39 is 5.97 Å². The van der Waals surface area contributed by atoms with Gasteiger partial charge >= 0.3 is 5.97 Å². The second-order valence-corrected chi connectivity index (χ2v) is 7.57. The van der Waals surface area contributed by atoms with Crippen LogP contribution in [0.25, 0.3) is 0 Å². The van der Waals surface area contributed by atoms with E-state index in [1.54, 1.807) is 12.1 Å². The third kappa shape index (κ3) is 4.03. The van der Waals surface area contributed by atoms with Crippen molar-refractivity contribution in [3.8, 4) is 0 Å². The third-order valence-electron chi connectivity index (χ3n) is 5.79. The van der Waals surface area contributed by atoms with Crippen molar-refractivity contribution in [2.75, 3.05) is 27.2 Å². The summed E-state index contributed by atoms with van der Waals surface area (Å²) in [6.45, 7) is 2.04. The molecule has 1 aliphatic carbocycles. The van der Waals surface area contributed by atoms with Crippen LogP contribution in [0.1, 0.15) is 59.5 Å². The Labute approximate surface area is 149 Å². The van der Waals surface area contributed by atoms with Gasteiger partial charge < -0.3 is 14.9 Å². The van der Waals surface area contributed by atoms with Crippen LogP contribution in [0, 0.1) is 0 Å². The number of carboxylic acids is 1. The average molecular weight is 344 g/mol. The summed E-state index contributed by atoms with van der Waals surface area (Å²) in [6, 6.07) is 5.67. The van der Waals surface area contributed by atoms with Gasteiger partial charge in [0.15, 0.2) is 0 Å². The molecule has 1 amide bonds. The lowest BCUT2D eigenvalue weighted by Gasteiger charge is -2.37. The van der Waals surface area contributed by atoms with Gasteiger partial charge in [-0.05, 0) is 74.9 Å². The van der Waals surface area contributed by atoms with E-state index in [2.05, 4.69) is 11.9 Å². The molecule has 1 fully saturated rings. The number of fused-ring (bicyclic) bond motifs is 1. The molecule has 25 heavy (non-hydrogen) atoms. The Kier molecular flexibility index (Phi) is 5.42. The summed E-state index contributed by atoms with van der Waals surface area (Å²) >= 11 is 0. The summed E-state index contributed by atoms with van der Waals surface area (Å²) in [7, 11) is 4.03. The number of likely N-dealkylation sites (tertiary alicyclic amines) is 1. The molecular formula is C20H28N2O3. The van der Waals surface area contributed by atoms with Crippen molar-refractivity contribution >= 4 is 11.9 Å². The summed E-state index contributed by atoms with van der Waals surface area (Å²) in [5, 5.41) is 9.26. The monoisotopic (exact) mass is 344 g/mol. The number of carboxylic acid groups (broad SMARTS) is 1. The SMILES string of the molecule is CN1CCCC(N(C)C(=O)CC2CCCc3ccc(C(=O)O)cc32)C1. The lowest BCUT2D eigenvalue weighted by molar-refractivity contribution is -0.133. The topological polar surface area (TPSA) is 60.9 Å². The van der Waals surface area contributed by atoms with Gasteiger partial charge in [-0.2, -0.15) is 0 Å². The number of amides is 1. The highest BCUT2D eigenvalue weighted by molar-refractivity contribution is 5.88. The smallest absolute Gasteiger partial charge is 0.335 e. The maximum Gasteiger partial charge on any atom is 0.335 e. The zero-order chi connectivity index (χ0) is 18.0. The van der Waals surface area contributed by atoms with Crippen LogP contribution in [-0.2, 0) is 11.2 Å². The van der Waals surface area contributed by atoms with Crippen molar-refractivity contribution in [2.45, 2.75) is 50.5 Å². The molecular weight excluding hydrogens is 316 g/mol. The van der Waals surface area contributed by atoms with Crippen LogP contribution in [0.15, 0.2) is 18.2 Å². The van der Waals surface area contributed by atoms with Crippen molar-refractivity contribution in [1.29, 1.82) is 0 Å². The van der Waals surface area contributed by atoms with Gasteiger partial charge in [-0.1, -0.05) is 6.07 Å². The summed E-state index contributed by atoms with van der Waals surface area (Å²) in [6.07, 6.45) is 5.67. The standard InChI is InChI=1S/C20H28N2O3/c1-21-10-4-7-17(13-21)22(2)19(23)12-15-6-3-5-14-8-9-16(20(24)25)11-18(14)15/h8-9,11,15,17H,3-7,10,12-13H2,1-2H3,(H,24,25). The number of aryl methyl sites for hydroxylation is 1. The molecule has 2 atom stereocenters. The van der Waals surface area contributed by atoms with E-state index in [1.165, 1.54) is 5.56 Å². The molecule has 5 nitrogen and oxygen atoms in total. The fourth-order valence-corrected chi connectivity index (χ4v) is 4.26. The maximum atomic E-state index is 12.8. The highest BCUT2D eigenvalue weighted by Crippen LogP contribution is 2.35. The van der Waals surface area contributed by atoms with Crippen molar-refractivity contribution in [2.24, 2.45) is 0 Å². The number of hydrogen-bond donors (Lipinski definition) is 1. The predicted octanol–water partition coefficient (Wildman–Crippen LogP) is 2.75. The molecule has 0 bridgehead atoms. The van der Waals surface area contributed by atoms with Gasteiger partial charge in [0.25, 0.3) is 0 Å². The Morgan fingerprint density at radius 2 is 2.08 bits per heavy atom. The Hall–Kier alpha value is -1.88. The number of carbonyl (C=O) groups is 2. The van der Waals surface area contributed by atoms with E-state index in [1.807, 2.05) is 18.0 Å². The Morgan fingerprint density at radius 1 is 1.28 bits per heavy atom. The number of carbonyl (C=O) groups excluding carboxylic acids is 1. The number of aromatic carboxylic acids is 1. The molecule has 3 rings (SSSR count). The first-order valence-corrected chi connectivity index (χ1v) is 9.26. The molecule has 0 radical (unpaired) electrons. The number of nitrogens with zero attached hydrogens (tertiary/aromatic N) is 2. The minimum absolute atomic E-state index is 0.138. The van der Waals surface area contributed by atoms with E-state index in [9.17, 15) is 14.7 Å². The molecule has 1 aromatic carbocycles. The van der Waals surface area contributed by atoms with Gasteiger partial charge in [-0.25, -0.2) is 4.79 Å². The van der Waals surface area contributed by atoms with E-state index in [0.29, 0.717) is 18.0 Å². The molecule has 0 saturated carbocycles. The number of likely N-dealkylation sites (N-methyl/N-ethyl adjacent to an activating group) is 2. The van der Waals surface area contributed by atoms with E-state index in [4.69, 9.17) is 0 Å². The summed E-state index contributed by atoms with van der Waals surface area (Å²) in [4.78, 5) is 28.3. The van der Waals surface area contributed by atoms with Crippen LogP contribution >= 0.6 is 0 Å². The van der Waals surface area contributed by atoms with Crippen molar-refractivity contribution in [3.63, 3.8) is 0 Å². The largest absolute Gasteiger partial charge is 0.478 e. The number of benzene rings is 1. The third-order valence-corrected chi connectivity index (χ3v) is 5.79. The summed E-state index contributed by atoms with van der Waals surface area (Å²) in [5.74, 6) is -0.584. The van der Waals surface area contributed by atoms with Gasteiger partial charge in [0.2, 0.25) is 5.91 Å². The predicted molar refractivity (Wildman–Crippen MR) is 97.0 cm³/mol. The van der Waals surface area contributed by atoms with Crippen LogP contribution < -0.4 is 0 Å². The molecule has 1 aromatic rings. The highest BCUT2D eigenvalue weighted by Gasteiger charge is 2.28. The molecule has 2 aliphatic rings. The van der Waals surface area contributed by atoms with Crippen LogP contribution in [0.3, 0.4) is 0 Å². The van der Waals surface area contributed by atoms with E-state index in [-0.39, 0.29) is 11.8 Å². The fourth-order valence-electron chi connectivity index (χ4n) is 4.26. The molecule has 2 unspecified atom stereocenters. The molecule has 136 valence electrons. The molecule has 1 aliphatic heterocycles. The lowest BCUT2D eigenvalue weighted by Crippen LogP contribution is -2.47. The molecule has 1 saturated heterocycles. The zero-order valence-electron chi connectivity index (χ0n) is 15.2. The second kappa shape index (κ2) is 7.56. The molecule has 5 heteroatoms. The van der Waals surface area contributed by atoms with Crippen LogP contribution in [0.2, 0.25) is 0 Å². The molecule has 0 spiro atoms. The molecule has 0 aromatic heterocycles. The van der Waals surface area contributed by atoms with Gasteiger partial charge in [0.05, 0.1) is 5.56 Å². The Balaban J connectivity index is 1.72. The minimum Gasteiger partial charge on any atom is -0.478 e. The lowest BCUT2D eigenvalue weighted by atomic mass is 9.80. The van der Waals surface area contributed by atoms with Gasteiger partial charge in [-0.3, -0.25) is 4.79 Å². The van der Waals surface area contributed by atoms with E-state index in [0.717, 1.165) is 50.8 Å². The van der Waals surface area contributed by atoms with Crippen LogP contribution in [-0.4, -0.2) is 60.0 Å². The van der Waals surface area contributed by atoms with Gasteiger partial charge in [0.1, 0.15) is 0 Å². The average Bonchev–Trinajstić information content (AvgIpc) is 2.60. The first-order valence-electron chi connectivity index (χ1n) is 9.26.